The first kappa shape index (κ1) is 114. The highest BCUT2D eigenvalue weighted by molar-refractivity contribution is 5.88. The SMILES string of the molecule is O=C([O-])CN1CCN(CC(=O)[O-])CCN(CC(O)NCC(=O)NCC(CNC(=O)CNC(=O)CN2CCN(CC(=O)[O-])CCN(CC(=O)[O-])CCN(CC(=O)O)CC2)(CNC(=O)CNC(=O)CN2CCN(CC(=O)[O-])CCN(CC(=O)[O-])CCN(CC(=O)O)CC2)CNC(=O)CNC(=O)CN2CCN(CC(=O)[O-])CCN(CC(=O)O)CCN(CC3OC3[O-])CC2)CCN(CC(=O)[O-])CC1. The van der Waals surface area contributed by atoms with Crippen molar-refractivity contribution < 1.29 is 157 Å². The van der Waals surface area contributed by atoms with Crippen LogP contribution in [0, 0.1) is 5.41 Å². The van der Waals surface area contributed by atoms with Gasteiger partial charge in [0.05, 0.1) is 119 Å². The lowest BCUT2D eigenvalue weighted by Crippen LogP contribution is -2.59. The molecule has 0 spiro atoms. The van der Waals surface area contributed by atoms with Gasteiger partial charge in [-0.05, 0) is 0 Å². The third kappa shape index (κ3) is 52.5. The van der Waals surface area contributed by atoms with Crippen molar-refractivity contribution in [3.63, 3.8) is 0 Å². The van der Waals surface area contributed by atoms with Crippen LogP contribution in [0.5, 0.6) is 0 Å². The first-order valence-electron chi connectivity index (χ1n) is 43.9. The van der Waals surface area contributed by atoms with E-state index in [9.17, 15) is 153 Å². The van der Waals surface area contributed by atoms with Gasteiger partial charge in [-0.2, -0.15) is 0 Å². The summed E-state index contributed by atoms with van der Waals surface area (Å²) in [4.78, 5) is 254. The van der Waals surface area contributed by atoms with Crippen LogP contribution in [0.25, 0.3) is 0 Å². The Morgan fingerprint density at radius 1 is 0.254 bits per heavy atom. The van der Waals surface area contributed by atoms with E-state index in [4.69, 9.17) is 4.74 Å². The van der Waals surface area contributed by atoms with Gasteiger partial charge in [-0.25, -0.2) is 0 Å². The van der Waals surface area contributed by atoms with Crippen LogP contribution in [-0.2, 0) is 91.0 Å². The molecule has 5 saturated heterocycles. The van der Waals surface area contributed by atoms with Crippen molar-refractivity contribution in [1.82, 2.24) is 121 Å². The number of carbonyl (C=O) groups is 18. The molecule has 3 unspecified atom stereocenters. The maximum atomic E-state index is 14.3. The summed E-state index contributed by atoms with van der Waals surface area (Å²) in [6, 6.07) is 0. The fourth-order valence-corrected chi connectivity index (χ4v) is 15.0. The smallest absolute Gasteiger partial charge is 0.317 e. The number of rotatable bonds is 49. The molecule has 0 aromatic carbocycles. The molecule has 0 saturated carbocycles. The third-order valence-electron chi connectivity index (χ3n) is 22.6. The number of β-amino-alcohol motifs (C(OH)–C–C–N with tert-alkyl or cyclic N) is 1. The molecule has 56 nitrogen and oxygen atoms in total. The van der Waals surface area contributed by atoms with E-state index in [0.717, 1.165) is 0 Å². The number of carboxylic acid groups (broad SMARTS) is 11. The fraction of sp³-hybridized carbons (Fsp3) is 0.769. The van der Waals surface area contributed by atoms with E-state index in [-0.39, 0.29) is 229 Å². The van der Waals surface area contributed by atoms with Gasteiger partial charge in [0.2, 0.25) is 41.4 Å². The molecule has 0 aromatic heterocycles. The number of nitrogens with zero attached hydrogens (tertiary/aromatic N) is 16. The number of epoxide rings is 1. The van der Waals surface area contributed by atoms with Crippen molar-refractivity contribution in [1.29, 1.82) is 0 Å². The molecule has 5 fully saturated rings. The predicted octanol–water partition coefficient (Wildman–Crippen LogP) is -27.1. The topological polar surface area (TPSA) is 756 Å². The van der Waals surface area contributed by atoms with E-state index in [1.54, 1.807) is 24.5 Å². The van der Waals surface area contributed by atoms with Gasteiger partial charge in [-0.15, -0.1) is 0 Å². The summed E-state index contributed by atoms with van der Waals surface area (Å²) < 4.78 is 5.14. The van der Waals surface area contributed by atoms with Gasteiger partial charge in [0.25, 0.3) is 0 Å². The molecule has 5 aliphatic heterocycles. The quantitative estimate of drug-likeness (QED) is 0.0199. The highest BCUT2D eigenvalue weighted by Crippen LogP contribution is 2.18. The lowest BCUT2D eigenvalue weighted by atomic mass is 9.86. The van der Waals surface area contributed by atoms with Gasteiger partial charge in [0.1, 0.15) is 6.23 Å². The lowest BCUT2D eigenvalue weighted by molar-refractivity contribution is -0.412. The van der Waals surface area contributed by atoms with Crippen molar-refractivity contribution >= 4 is 107 Å². The van der Waals surface area contributed by atoms with Crippen LogP contribution in [-0.4, -0.2) is 591 Å². The molecule has 0 radical (unpaired) electrons. The highest BCUT2D eigenvalue weighted by atomic mass is 16.7. The number of nitrogens with one attached hydrogen (secondary N) is 8. The number of aliphatic hydroxyl groups excluding tert-OH is 1. The zero-order valence-electron chi connectivity index (χ0n) is 75.2. The maximum absolute atomic E-state index is 14.3. The summed E-state index contributed by atoms with van der Waals surface area (Å²) in [7, 11) is 0. The minimum absolute atomic E-state index is 0.00332. The van der Waals surface area contributed by atoms with E-state index < -0.39 is 268 Å². The van der Waals surface area contributed by atoms with Crippen LogP contribution >= 0.6 is 0 Å². The second-order valence-corrected chi connectivity index (χ2v) is 33.5. The zero-order chi connectivity index (χ0) is 98.8. The summed E-state index contributed by atoms with van der Waals surface area (Å²) in [6.07, 6.45) is -3.57. The number of aliphatic carboxylic acids is 11. The van der Waals surface area contributed by atoms with Crippen molar-refractivity contribution in [2.24, 2.45) is 5.41 Å². The van der Waals surface area contributed by atoms with Crippen molar-refractivity contribution in [3.8, 4) is 0 Å². The summed E-state index contributed by atoms with van der Waals surface area (Å²) in [5, 5.41) is 168. The maximum Gasteiger partial charge on any atom is 0.317 e. The van der Waals surface area contributed by atoms with Crippen LogP contribution < -0.4 is 88.5 Å². The van der Waals surface area contributed by atoms with Gasteiger partial charge in [0, 0.05) is 313 Å². The number of hydrogen-bond acceptors (Lipinski definition) is 46. The molecular formula is C78H127N24O32-9. The Bertz CT molecular complexity index is 3620. The summed E-state index contributed by atoms with van der Waals surface area (Å²) >= 11 is 0. The van der Waals surface area contributed by atoms with Crippen LogP contribution in [0.4, 0.5) is 0 Å². The first-order valence-corrected chi connectivity index (χ1v) is 43.9. The van der Waals surface area contributed by atoms with E-state index in [0.29, 0.717) is 0 Å². The normalized spacial score (nSPS) is 20.3. The van der Waals surface area contributed by atoms with Gasteiger partial charge < -0.3 is 147 Å². The molecule has 5 aliphatic rings. The average Bonchev–Trinajstić information content (AvgIpc) is 1.39. The standard InChI is InChI=1S/C78H135N24O32/c103-58(33-79-62(107)38-88-3-1-87(37-57-77(133)134-57)2-11-92(42-66(111)112)19-20-93(12-4-88)43-67(113)114)83-53-78(54-84-59(104)34-80-63(108)39-89-5-13-94(44-68(115)116)21-27-100(50-74(127)128)28-22-95(14-6-89)45-69(117)118,55-85-60(105)35-81-64(109)40-90-7-15-96(46-70(119)120)23-29-101(51-75(129)130)30-24-97(16-8-90)47-71(121)122)56-86-61(106)36-82-65(110)41-91-9-17-98(48-72(123)124)25-31-102(52-76(131)132)32-26-99(18-10-91)49-73(125)126/h57,63,77,80,108H,1-56H2,(H,79,107)(H,81,109)(H,82,110)(H,83,103)(H,84,104)(H,85,105)(H,86,106)(H,111,112)(H,113,114)(H,115,116)(H,117,118)(H,119,120)(H,121,122)(H,123,124)(H,125,126)(H,127,128)(H,129,130)(H,131,132)/q-1/p-8. The van der Waals surface area contributed by atoms with Gasteiger partial charge >= 0.3 is 17.9 Å². The molecule has 3 atom stereocenters. The molecule has 0 aromatic rings. The molecule has 760 valence electrons. The summed E-state index contributed by atoms with van der Waals surface area (Å²) in [6.45, 7) is -12.6. The first-order chi connectivity index (χ1) is 63.5. The number of ether oxygens (including phenoxy) is 1. The van der Waals surface area contributed by atoms with Crippen molar-refractivity contribution in [2.75, 3.05) is 367 Å². The summed E-state index contributed by atoms with van der Waals surface area (Å²) in [5.41, 5.74) is -1.85. The molecule has 0 bridgehead atoms. The van der Waals surface area contributed by atoms with Gasteiger partial charge in [-0.3, -0.25) is 132 Å². The Labute approximate surface area is 773 Å². The van der Waals surface area contributed by atoms with Crippen LogP contribution in [0.2, 0.25) is 0 Å². The van der Waals surface area contributed by atoms with E-state index in [2.05, 4.69) is 42.5 Å². The van der Waals surface area contributed by atoms with Crippen molar-refractivity contribution in [2.45, 2.75) is 18.6 Å². The molecule has 5 rings (SSSR count). The Balaban J connectivity index is 1.48. The summed E-state index contributed by atoms with van der Waals surface area (Å²) in [5.74, 6) is -21.4. The molecule has 5 heterocycles. The fourth-order valence-electron chi connectivity index (χ4n) is 15.0. The Morgan fingerprint density at radius 3 is 0.612 bits per heavy atom. The predicted molar refractivity (Wildman–Crippen MR) is 442 cm³/mol. The number of hydrogen-bond donors (Lipinski definition) is 12. The zero-order valence-corrected chi connectivity index (χ0v) is 75.2. The second-order valence-electron chi connectivity index (χ2n) is 33.5. The third-order valence-corrected chi connectivity index (χ3v) is 22.6. The highest BCUT2D eigenvalue weighted by Gasteiger charge is 2.36. The van der Waals surface area contributed by atoms with Crippen molar-refractivity contribution in [3.05, 3.63) is 0 Å². The molecule has 7 amide bonds. The van der Waals surface area contributed by atoms with E-state index in [1.807, 2.05) is 4.90 Å². The Kier molecular flexibility index (Phi) is 52.5. The second kappa shape index (κ2) is 61.6. The molecule has 12 N–H and O–H groups in total. The number of amides is 7. The van der Waals surface area contributed by atoms with E-state index >= 15 is 0 Å². The van der Waals surface area contributed by atoms with E-state index in [1.165, 1.54) is 49.0 Å². The van der Waals surface area contributed by atoms with Crippen LogP contribution in [0.1, 0.15) is 0 Å². The largest absolute Gasteiger partial charge is 0.829 e. The lowest BCUT2D eigenvalue weighted by Gasteiger charge is -2.35. The minimum atomic E-state index is -1.85. The molecule has 0 aliphatic carbocycles. The number of aliphatic hydroxyl groups is 1. The average molecular weight is 1910 g/mol. The minimum Gasteiger partial charge on any atom is -0.829 e. The Morgan fingerprint density at radius 2 is 0.425 bits per heavy atom. The van der Waals surface area contributed by atoms with Crippen LogP contribution in [0.3, 0.4) is 0 Å². The van der Waals surface area contributed by atoms with Gasteiger partial charge in [0.15, 0.2) is 0 Å². The number of carbonyl (C=O) groups excluding carboxylic acids is 15. The van der Waals surface area contributed by atoms with Gasteiger partial charge in [-0.1, -0.05) is 0 Å². The number of carboxylic acids is 11. The molecule has 56 heteroatoms. The molecule has 134 heavy (non-hydrogen) atoms. The molecular weight excluding hydrogens is 1780 g/mol. The Hall–Kier alpha value is -10.3. The monoisotopic (exact) mass is 1910 g/mol. The van der Waals surface area contributed by atoms with Crippen LogP contribution in [0.15, 0.2) is 0 Å².